The van der Waals surface area contributed by atoms with Gasteiger partial charge in [0.2, 0.25) is 5.91 Å². The molecule has 1 atom stereocenters. The molecule has 0 aromatic rings. The minimum absolute atomic E-state index is 0.151. The van der Waals surface area contributed by atoms with E-state index in [0.29, 0.717) is 0 Å². The number of aliphatic imine (C=N–C) groups is 1. The fourth-order valence-corrected chi connectivity index (χ4v) is 1.78. The first-order chi connectivity index (χ1) is 7.19. The standard InChI is InChI=1S/C11H21N3O/c1-4-14(5-2)11(15)9(3)13-10-7-6-8-12-10/h9H,4-8H2,1-3H3,(H,12,13). The van der Waals surface area contributed by atoms with E-state index < -0.39 is 0 Å². The number of carbonyl (C=O) groups excluding carboxylic acids is 1. The van der Waals surface area contributed by atoms with E-state index in [-0.39, 0.29) is 11.9 Å². The molecule has 1 N–H and O–H groups in total. The van der Waals surface area contributed by atoms with Crippen molar-refractivity contribution in [3.8, 4) is 0 Å². The van der Waals surface area contributed by atoms with Crippen LogP contribution in [0.4, 0.5) is 0 Å². The van der Waals surface area contributed by atoms with Crippen molar-refractivity contribution in [3.63, 3.8) is 0 Å². The molecule has 0 saturated heterocycles. The van der Waals surface area contributed by atoms with Gasteiger partial charge in [-0.1, -0.05) is 0 Å². The molecule has 86 valence electrons. The van der Waals surface area contributed by atoms with Crippen LogP contribution in [0.2, 0.25) is 0 Å². The number of nitrogens with one attached hydrogen (secondary N) is 1. The van der Waals surface area contributed by atoms with E-state index >= 15 is 0 Å². The van der Waals surface area contributed by atoms with Gasteiger partial charge in [-0.25, -0.2) is 0 Å². The van der Waals surface area contributed by atoms with Crippen molar-refractivity contribution in [3.05, 3.63) is 0 Å². The predicted octanol–water partition coefficient (Wildman–Crippen LogP) is 1.03. The molecular formula is C11H21N3O. The van der Waals surface area contributed by atoms with Gasteiger partial charge in [-0.2, -0.15) is 0 Å². The Morgan fingerprint density at radius 1 is 1.53 bits per heavy atom. The number of amides is 1. The molecule has 0 saturated carbocycles. The van der Waals surface area contributed by atoms with Crippen molar-refractivity contribution >= 4 is 11.7 Å². The molecule has 1 aliphatic rings. The summed E-state index contributed by atoms with van der Waals surface area (Å²) in [7, 11) is 0. The maximum atomic E-state index is 11.9. The first-order valence-corrected chi connectivity index (χ1v) is 5.77. The van der Waals surface area contributed by atoms with Crippen LogP contribution in [-0.4, -0.2) is 42.3 Å². The maximum absolute atomic E-state index is 11.9. The summed E-state index contributed by atoms with van der Waals surface area (Å²) in [6, 6.07) is -0.151. The Kier molecular flexibility index (Phi) is 4.59. The highest BCUT2D eigenvalue weighted by molar-refractivity contribution is 5.90. The molecule has 1 aliphatic heterocycles. The molecule has 4 heteroatoms. The van der Waals surface area contributed by atoms with Crippen LogP contribution >= 0.6 is 0 Å². The first kappa shape index (κ1) is 12.0. The second-order valence-electron chi connectivity index (χ2n) is 3.81. The lowest BCUT2D eigenvalue weighted by atomic mass is 10.2. The topological polar surface area (TPSA) is 44.7 Å². The number of carbonyl (C=O) groups is 1. The Bertz CT molecular complexity index is 246. The van der Waals surface area contributed by atoms with Crippen LogP contribution < -0.4 is 5.32 Å². The van der Waals surface area contributed by atoms with Gasteiger partial charge in [0.1, 0.15) is 6.04 Å². The van der Waals surface area contributed by atoms with E-state index in [0.717, 1.165) is 38.3 Å². The molecule has 0 aromatic carbocycles. The zero-order valence-electron chi connectivity index (χ0n) is 9.92. The summed E-state index contributed by atoms with van der Waals surface area (Å²) in [6.07, 6.45) is 2.09. The van der Waals surface area contributed by atoms with Crippen molar-refractivity contribution in [1.82, 2.24) is 10.2 Å². The second kappa shape index (κ2) is 5.73. The molecule has 1 rings (SSSR count). The largest absolute Gasteiger partial charge is 0.362 e. The van der Waals surface area contributed by atoms with Gasteiger partial charge in [-0.3, -0.25) is 9.79 Å². The summed E-state index contributed by atoms with van der Waals surface area (Å²) in [5.74, 6) is 1.15. The van der Waals surface area contributed by atoms with Gasteiger partial charge < -0.3 is 10.2 Å². The highest BCUT2D eigenvalue weighted by Crippen LogP contribution is 2.03. The van der Waals surface area contributed by atoms with Crippen molar-refractivity contribution < 1.29 is 4.79 Å². The predicted molar refractivity (Wildman–Crippen MR) is 62.1 cm³/mol. The van der Waals surface area contributed by atoms with Crippen molar-refractivity contribution in [1.29, 1.82) is 0 Å². The Balaban J connectivity index is 2.44. The van der Waals surface area contributed by atoms with Crippen LogP contribution in [0, 0.1) is 0 Å². The average molecular weight is 211 g/mol. The number of amidine groups is 1. The summed E-state index contributed by atoms with van der Waals surface area (Å²) >= 11 is 0. The van der Waals surface area contributed by atoms with Crippen LogP contribution in [0.25, 0.3) is 0 Å². The zero-order valence-corrected chi connectivity index (χ0v) is 9.92. The Morgan fingerprint density at radius 3 is 2.67 bits per heavy atom. The number of hydrogen-bond acceptors (Lipinski definition) is 3. The van der Waals surface area contributed by atoms with Crippen LogP contribution in [0.15, 0.2) is 4.99 Å². The molecule has 0 fully saturated rings. The third-order valence-corrected chi connectivity index (χ3v) is 2.70. The van der Waals surface area contributed by atoms with Gasteiger partial charge in [0.05, 0.1) is 5.84 Å². The van der Waals surface area contributed by atoms with Gasteiger partial charge in [0.25, 0.3) is 0 Å². The van der Waals surface area contributed by atoms with E-state index in [4.69, 9.17) is 0 Å². The highest BCUT2D eigenvalue weighted by atomic mass is 16.2. The van der Waals surface area contributed by atoms with E-state index in [9.17, 15) is 4.79 Å². The van der Waals surface area contributed by atoms with Gasteiger partial charge >= 0.3 is 0 Å². The SMILES string of the molecule is CCN(CC)C(=O)C(C)NC1=NCCC1. The van der Waals surface area contributed by atoms with E-state index in [1.165, 1.54) is 0 Å². The lowest BCUT2D eigenvalue weighted by Gasteiger charge is -2.23. The minimum atomic E-state index is -0.151. The summed E-state index contributed by atoms with van der Waals surface area (Å²) < 4.78 is 0. The molecule has 15 heavy (non-hydrogen) atoms. The van der Waals surface area contributed by atoms with Gasteiger partial charge in [-0.15, -0.1) is 0 Å². The second-order valence-corrected chi connectivity index (χ2v) is 3.81. The Morgan fingerprint density at radius 2 is 2.20 bits per heavy atom. The molecule has 0 aromatic heterocycles. The average Bonchev–Trinajstić information content (AvgIpc) is 2.72. The molecule has 1 amide bonds. The van der Waals surface area contributed by atoms with Crippen molar-refractivity contribution in [2.24, 2.45) is 4.99 Å². The van der Waals surface area contributed by atoms with Crippen LogP contribution in [0.3, 0.4) is 0 Å². The lowest BCUT2D eigenvalue weighted by molar-refractivity contribution is -0.132. The molecule has 0 aliphatic carbocycles. The van der Waals surface area contributed by atoms with Crippen LogP contribution in [-0.2, 0) is 4.79 Å². The number of rotatable bonds is 4. The smallest absolute Gasteiger partial charge is 0.244 e. The van der Waals surface area contributed by atoms with Gasteiger partial charge in [0.15, 0.2) is 0 Å². The molecule has 4 nitrogen and oxygen atoms in total. The van der Waals surface area contributed by atoms with E-state index in [1.54, 1.807) is 0 Å². The summed E-state index contributed by atoms with van der Waals surface area (Å²) in [6.45, 7) is 8.35. The zero-order chi connectivity index (χ0) is 11.3. The quantitative estimate of drug-likeness (QED) is 0.754. The van der Waals surface area contributed by atoms with Crippen LogP contribution in [0.1, 0.15) is 33.6 Å². The molecule has 1 heterocycles. The Hall–Kier alpha value is -1.06. The molecule has 0 bridgehead atoms. The fourth-order valence-electron chi connectivity index (χ4n) is 1.78. The fraction of sp³-hybridized carbons (Fsp3) is 0.818. The normalized spacial score (nSPS) is 17.1. The first-order valence-electron chi connectivity index (χ1n) is 5.77. The van der Waals surface area contributed by atoms with Gasteiger partial charge in [0, 0.05) is 26.1 Å². The highest BCUT2D eigenvalue weighted by Gasteiger charge is 2.19. The number of nitrogens with zero attached hydrogens (tertiary/aromatic N) is 2. The monoisotopic (exact) mass is 211 g/mol. The van der Waals surface area contributed by atoms with E-state index in [2.05, 4.69) is 10.3 Å². The lowest BCUT2D eigenvalue weighted by Crippen LogP contribution is -2.46. The van der Waals surface area contributed by atoms with Crippen molar-refractivity contribution in [2.75, 3.05) is 19.6 Å². The van der Waals surface area contributed by atoms with E-state index in [1.807, 2.05) is 25.7 Å². The summed E-state index contributed by atoms with van der Waals surface area (Å²) in [5, 5.41) is 3.19. The minimum Gasteiger partial charge on any atom is -0.362 e. The summed E-state index contributed by atoms with van der Waals surface area (Å²) in [4.78, 5) is 18.0. The maximum Gasteiger partial charge on any atom is 0.244 e. The summed E-state index contributed by atoms with van der Waals surface area (Å²) in [5.41, 5.74) is 0. The van der Waals surface area contributed by atoms with Crippen molar-refractivity contribution in [2.45, 2.75) is 39.7 Å². The Labute approximate surface area is 91.7 Å². The molecular weight excluding hydrogens is 190 g/mol. The molecule has 0 spiro atoms. The van der Waals surface area contributed by atoms with Crippen LogP contribution in [0.5, 0.6) is 0 Å². The third kappa shape index (κ3) is 3.22. The van der Waals surface area contributed by atoms with Gasteiger partial charge in [-0.05, 0) is 27.2 Å². The number of hydrogen-bond donors (Lipinski definition) is 1. The third-order valence-electron chi connectivity index (χ3n) is 2.70. The number of likely N-dealkylation sites (N-methyl/N-ethyl adjacent to an activating group) is 1. The molecule has 0 radical (unpaired) electrons. The molecule has 1 unspecified atom stereocenters.